The Balaban J connectivity index is 2.51. The molecule has 1 fully saturated rings. The number of sulfonamides is 1. The summed E-state index contributed by atoms with van der Waals surface area (Å²) in [5.41, 5.74) is 5.81. The Morgan fingerprint density at radius 1 is 1.45 bits per heavy atom. The molecule has 0 bridgehead atoms. The fourth-order valence-corrected chi connectivity index (χ4v) is 4.41. The van der Waals surface area contributed by atoms with E-state index in [2.05, 4.69) is 0 Å². The van der Waals surface area contributed by atoms with E-state index in [9.17, 15) is 18.5 Å². The summed E-state index contributed by atoms with van der Waals surface area (Å²) >= 11 is 0. The maximum Gasteiger partial charge on any atom is 0.273 e. The molecule has 2 atom stereocenters. The van der Waals surface area contributed by atoms with Crippen molar-refractivity contribution >= 4 is 15.7 Å². The van der Waals surface area contributed by atoms with E-state index < -0.39 is 14.9 Å². The molecule has 1 aromatic rings. The molecule has 7 nitrogen and oxygen atoms in total. The topological polar surface area (TPSA) is 107 Å². The van der Waals surface area contributed by atoms with Gasteiger partial charge in [-0.15, -0.1) is 0 Å². The van der Waals surface area contributed by atoms with E-state index in [0.29, 0.717) is 13.0 Å². The monoisotopic (exact) mass is 299 g/mol. The van der Waals surface area contributed by atoms with Crippen LogP contribution in [0.15, 0.2) is 23.1 Å². The fraction of sp³-hybridized carbons (Fsp3) is 0.500. The van der Waals surface area contributed by atoms with Crippen LogP contribution in [0.2, 0.25) is 0 Å². The van der Waals surface area contributed by atoms with Gasteiger partial charge in [-0.25, -0.2) is 8.42 Å². The third-order valence-corrected chi connectivity index (χ3v) is 5.93. The molecule has 0 saturated carbocycles. The molecule has 2 N–H and O–H groups in total. The lowest BCUT2D eigenvalue weighted by Gasteiger charge is -2.23. The summed E-state index contributed by atoms with van der Waals surface area (Å²) in [5, 5.41) is 10.9. The second-order valence-electron chi connectivity index (χ2n) is 4.97. The van der Waals surface area contributed by atoms with Gasteiger partial charge < -0.3 is 5.73 Å². The molecular weight excluding hydrogens is 282 g/mol. The van der Waals surface area contributed by atoms with Gasteiger partial charge in [0.25, 0.3) is 5.69 Å². The lowest BCUT2D eigenvalue weighted by atomic mass is 10.2. The van der Waals surface area contributed by atoms with Crippen molar-refractivity contribution in [3.05, 3.63) is 33.9 Å². The van der Waals surface area contributed by atoms with Gasteiger partial charge in [0, 0.05) is 30.3 Å². The van der Waals surface area contributed by atoms with Crippen molar-refractivity contribution in [3.8, 4) is 0 Å². The zero-order chi connectivity index (χ0) is 15.1. The number of rotatable bonds is 3. The Bertz CT molecular complexity index is 644. The number of benzene rings is 1. The Morgan fingerprint density at radius 3 is 2.60 bits per heavy atom. The first-order chi connectivity index (χ1) is 9.26. The molecule has 0 aliphatic carbocycles. The van der Waals surface area contributed by atoms with Gasteiger partial charge in [0.1, 0.15) is 0 Å². The summed E-state index contributed by atoms with van der Waals surface area (Å²) < 4.78 is 26.6. The number of nitrogens with zero attached hydrogens (tertiary/aromatic N) is 2. The minimum Gasteiger partial charge on any atom is -0.326 e. The highest BCUT2D eigenvalue weighted by atomic mass is 32.2. The van der Waals surface area contributed by atoms with Crippen LogP contribution in [0.25, 0.3) is 0 Å². The molecule has 0 radical (unpaired) electrons. The smallest absolute Gasteiger partial charge is 0.273 e. The minimum atomic E-state index is -3.76. The molecule has 1 aromatic carbocycles. The second kappa shape index (κ2) is 5.12. The summed E-state index contributed by atoms with van der Waals surface area (Å²) in [4.78, 5) is 10.3. The maximum absolute atomic E-state index is 12.6. The molecule has 110 valence electrons. The van der Waals surface area contributed by atoms with Crippen molar-refractivity contribution in [1.82, 2.24) is 4.31 Å². The normalized spacial score (nSPS) is 23.9. The third kappa shape index (κ3) is 2.30. The van der Waals surface area contributed by atoms with Crippen molar-refractivity contribution in [2.45, 2.75) is 37.2 Å². The van der Waals surface area contributed by atoms with Crippen molar-refractivity contribution in [2.24, 2.45) is 5.73 Å². The van der Waals surface area contributed by atoms with Crippen molar-refractivity contribution in [3.63, 3.8) is 0 Å². The summed E-state index contributed by atoms with van der Waals surface area (Å²) in [6.07, 6.45) is 0.592. The Morgan fingerprint density at radius 2 is 2.10 bits per heavy atom. The molecule has 1 aliphatic rings. The maximum atomic E-state index is 12.6. The van der Waals surface area contributed by atoms with Crippen LogP contribution in [0.4, 0.5) is 5.69 Å². The van der Waals surface area contributed by atoms with Crippen LogP contribution in [0.1, 0.15) is 18.9 Å². The average molecular weight is 299 g/mol. The first-order valence-electron chi connectivity index (χ1n) is 6.28. The summed E-state index contributed by atoms with van der Waals surface area (Å²) in [6.45, 7) is 3.54. The summed E-state index contributed by atoms with van der Waals surface area (Å²) in [6, 6.07) is 3.57. The quantitative estimate of drug-likeness (QED) is 0.662. The van der Waals surface area contributed by atoms with E-state index in [1.165, 1.54) is 29.4 Å². The number of nitro groups is 1. The first-order valence-corrected chi connectivity index (χ1v) is 7.72. The molecule has 2 rings (SSSR count). The molecule has 8 heteroatoms. The van der Waals surface area contributed by atoms with E-state index in [-0.39, 0.29) is 28.2 Å². The van der Waals surface area contributed by atoms with Gasteiger partial charge in [-0.2, -0.15) is 4.31 Å². The van der Waals surface area contributed by atoms with Crippen LogP contribution in [-0.4, -0.2) is 36.3 Å². The fourth-order valence-electron chi connectivity index (χ4n) is 2.48. The highest BCUT2D eigenvalue weighted by Crippen LogP contribution is 2.30. The highest BCUT2D eigenvalue weighted by molar-refractivity contribution is 7.89. The number of hydrogen-bond acceptors (Lipinski definition) is 5. The predicted octanol–water partition coefficient (Wildman–Crippen LogP) is 1.01. The lowest BCUT2D eigenvalue weighted by Crippen LogP contribution is -2.40. The van der Waals surface area contributed by atoms with Gasteiger partial charge in [-0.05, 0) is 26.3 Å². The van der Waals surface area contributed by atoms with Crippen LogP contribution < -0.4 is 5.73 Å². The van der Waals surface area contributed by atoms with Crippen LogP contribution in [-0.2, 0) is 10.0 Å². The lowest BCUT2D eigenvalue weighted by molar-refractivity contribution is -0.385. The summed E-state index contributed by atoms with van der Waals surface area (Å²) in [7, 11) is -3.76. The Labute approximate surface area is 117 Å². The average Bonchev–Trinajstić information content (AvgIpc) is 2.70. The predicted molar refractivity (Wildman–Crippen MR) is 73.8 cm³/mol. The standard InChI is InChI=1S/C12H17N3O4S/c1-8-11(15(16)17)4-3-5-12(8)20(18,19)14-7-6-10(13)9(14)2/h3-5,9-10H,6-7,13H2,1-2H3. The van der Waals surface area contributed by atoms with Crippen LogP contribution in [0.3, 0.4) is 0 Å². The Kier molecular flexibility index (Phi) is 3.81. The number of nitro benzene ring substituents is 1. The van der Waals surface area contributed by atoms with Gasteiger partial charge >= 0.3 is 0 Å². The largest absolute Gasteiger partial charge is 0.326 e. The SMILES string of the molecule is Cc1c([N+](=O)[O-])cccc1S(=O)(=O)N1CCC(N)C1C. The van der Waals surface area contributed by atoms with Gasteiger partial charge in [0.05, 0.1) is 9.82 Å². The molecule has 20 heavy (non-hydrogen) atoms. The minimum absolute atomic E-state index is 0.0207. The number of hydrogen-bond donors (Lipinski definition) is 1. The van der Waals surface area contributed by atoms with E-state index in [1.54, 1.807) is 6.92 Å². The molecule has 2 unspecified atom stereocenters. The van der Waals surface area contributed by atoms with Gasteiger partial charge in [-0.3, -0.25) is 10.1 Å². The van der Waals surface area contributed by atoms with E-state index in [1.807, 2.05) is 0 Å². The van der Waals surface area contributed by atoms with Gasteiger partial charge in [0.15, 0.2) is 0 Å². The molecule has 0 aromatic heterocycles. The molecule has 0 amide bonds. The van der Waals surface area contributed by atoms with Gasteiger partial charge in [0.2, 0.25) is 10.0 Å². The molecule has 0 spiro atoms. The molecule has 1 heterocycles. The van der Waals surface area contributed by atoms with Crippen molar-refractivity contribution < 1.29 is 13.3 Å². The summed E-state index contributed by atoms with van der Waals surface area (Å²) in [5.74, 6) is 0. The van der Waals surface area contributed by atoms with Crippen LogP contribution in [0, 0.1) is 17.0 Å². The first kappa shape index (κ1) is 14.9. The zero-order valence-electron chi connectivity index (χ0n) is 11.3. The van der Waals surface area contributed by atoms with Crippen molar-refractivity contribution in [1.29, 1.82) is 0 Å². The third-order valence-electron chi connectivity index (χ3n) is 3.80. The Hall–Kier alpha value is -1.51. The van der Waals surface area contributed by atoms with Crippen LogP contribution in [0.5, 0.6) is 0 Å². The molecule has 1 saturated heterocycles. The molecular formula is C12H17N3O4S. The zero-order valence-corrected chi connectivity index (χ0v) is 12.1. The molecule has 1 aliphatic heterocycles. The second-order valence-corrected chi connectivity index (χ2v) is 6.83. The number of nitrogens with two attached hydrogens (primary N) is 1. The van der Waals surface area contributed by atoms with Gasteiger partial charge in [-0.1, -0.05) is 6.07 Å². The van der Waals surface area contributed by atoms with Crippen LogP contribution >= 0.6 is 0 Å². The van der Waals surface area contributed by atoms with E-state index >= 15 is 0 Å². The van der Waals surface area contributed by atoms with Crippen molar-refractivity contribution in [2.75, 3.05) is 6.54 Å². The van der Waals surface area contributed by atoms with E-state index in [4.69, 9.17) is 5.73 Å². The highest BCUT2D eigenvalue weighted by Gasteiger charge is 2.38. The van der Waals surface area contributed by atoms with E-state index in [0.717, 1.165) is 0 Å².